The molecular formula is C36H54O10. The molecular weight excluding hydrogens is 592 g/mol. The normalized spacial score (nSPS) is 53.1. The minimum atomic E-state index is -1.79. The number of carbonyl (C=O) groups excluding carboxylic acids is 1. The van der Waals surface area contributed by atoms with Crippen molar-refractivity contribution in [2.45, 2.75) is 143 Å². The smallest absolute Gasteiger partial charge is 0.335 e. The third-order valence-electron chi connectivity index (χ3n) is 15.1. The van der Waals surface area contributed by atoms with Crippen LogP contribution in [-0.4, -0.2) is 80.1 Å². The van der Waals surface area contributed by atoms with Crippen molar-refractivity contribution < 1.29 is 49.4 Å². The number of aliphatic carboxylic acids is 2. The number of rotatable bonds is 4. The highest BCUT2D eigenvalue weighted by Gasteiger charge is 2.70. The maximum absolute atomic E-state index is 14.6. The topological polar surface area (TPSA) is 171 Å². The van der Waals surface area contributed by atoms with Crippen molar-refractivity contribution in [1.82, 2.24) is 0 Å². The average molecular weight is 647 g/mol. The van der Waals surface area contributed by atoms with Crippen LogP contribution in [0.1, 0.15) is 106 Å². The summed E-state index contributed by atoms with van der Waals surface area (Å²) in [5.74, 6) is -2.15. The van der Waals surface area contributed by atoms with Crippen molar-refractivity contribution >= 4 is 17.7 Å². The average Bonchev–Trinajstić information content (AvgIpc) is 2.96. The van der Waals surface area contributed by atoms with Gasteiger partial charge in [0.1, 0.15) is 18.3 Å². The number of hydrogen-bond donors (Lipinski definition) is 5. The highest BCUT2D eigenvalue weighted by Crippen LogP contribution is 2.75. The van der Waals surface area contributed by atoms with E-state index in [9.17, 15) is 39.9 Å². The van der Waals surface area contributed by atoms with E-state index < -0.39 is 59.6 Å². The van der Waals surface area contributed by atoms with Gasteiger partial charge in [-0.2, -0.15) is 0 Å². The number of hydrogen-bond acceptors (Lipinski definition) is 8. The Kier molecular flexibility index (Phi) is 7.82. The maximum atomic E-state index is 14.6. The number of aliphatic hydroxyl groups excluding tert-OH is 3. The van der Waals surface area contributed by atoms with Gasteiger partial charge in [0.15, 0.2) is 18.2 Å². The van der Waals surface area contributed by atoms with Crippen LogP contribution in [0.15, 0.2) is 11.6 Å². The van der Waals surface area contributed by atoms with Crippen LogP contribution in [0.5, 0.6) is 0 Å². The van der Waals surface area contributed by atoms with E-state index in [1.54, 1.807) is 0 Å². The van der Waals surface area contributed by atoms with Crippen molar-refractivity contribution in [3.05, 3.63) is 11.6 Å². The van der Waals surface area contributed by atoms with E-state index in [0.29, 0.717) is 25.7 Å². The van der Waals surface area contributed by atoms with Crippen molar-refractivity contribution in [3.8, 4) is 0 Å². The van der Waals surface area contributed by atoms with Crippen LogP contribution in [0, 0.1) is 50.2 Å². The van der Waals surface area contributed by atoms with Crippen molar-refractivity contribution in [3.63, 3.8) is 0 Å². The molecule has 14 atom stereocenters. The molecule has 2 unspecified atom stereocenters. The van der Waals surface area contributed by atoms with Crippen LogP contribution in [0.2, 0.25) is 0 Å². The van der Waals surface area contributed by atoms with Gasteiger partial charge in [0.25, 0.3) is 0 Å². The summed E-state index contributed by atoms with van der Waals surface area (Å²) in [7, 11) is 0. The molecule has 5 fully saturated rings. The zero-order chi connectivity index (χ0) is 34.0. The summed E-state index contributed by atoms with van der Waals surface area (Å²) in [4.78, 5) is 38.7. The van der Waals surface area contributed by atoms with Gasteiger partial charge in [-0.05, 0) is 110 Å². The third-order valence-corrected chi connectivity index (χ3v) is 15.1. The molecule has 1 saturated heterocycles. The number of aliphatic hydroxyl groups is 3. The minimum absolute atomic E-state index is 0.0166. The number of carbonyl (C=O) groups is 3. The number of allylic oxidation sites excluding steroid dienone is 2. The summed E-state index contributed by atoms with van der Waals surface area (Å²) in [6.07, 6.45) is 0.183. The number of ketones is 1. The molecule has 1 heterocycles. The predicted octanol–water partition coefficient (Wildman–Crippen LogP) is 4.33. The first-order chi connectivity index (χ1) is 21.2. The number of fused-ring (bicyclic) bond motifs is 7. The monoisotopic (exact) mass is 646 g/mol. The third kappa shape index (κ3) is 4.49. The van der Waals surface area contributed by atoms with E-state index in [2.05, 4.69) is 41.5 Å². The Hall–Kier alpha value is -1.85. The number of carboxylic acids is 2. The Morgan fingerprint density at radius 1 is 0.848 bits per heavy atom. The Morgan fingerprint density at radius 3 is 2.13 bits per heavy atom. The second kappa shape index (κ2) is 10.6. The van der Waals surface area contributed by atoms with E-state index in [-0.39, 0.29) is 45.2 Å². The standard InChI is InChI=1S/C36H54O10/c1-31(2)21-8-11-36(7)27(34(21,5)10-9-22(31)45-29-25(40)23(38)24(39)26(46-29)28(41)42)20(37)16-18-19-17-33(4,30(43)44)13-12-32(19,3)14-15-35(18,36)6/h16,19,21-27,29,38-40H,8-15,17H2,1-7H3,(H,41,42)(H,43,44)/t19-,21?,22+,23+,24+,25-,26+,27-,29?,32-,33+,34+,35-,36-/m1/s1. The fourth-order valence-electron chi connectivity index (χ4n) is 11.9. The van der Waals surface area contributed by atoms with E-state index in [0.717, 1.165) is 32.1 Å². The lowest BCUT2D eigenvalue weighted by Gasteiger charge is -2.70. The lowest BCUT2D eigenvalue weighted by molar-refractivity contribution is -0.323. The molecule has 1 aliphatic heterocycles. The summed E-state index contributed by atoms with van der Waals surface area (Å²) in [5, 5.41) is 50.9. The molecule has 0 amide bonds. The van der Waals surface area contributed by atoms with E-state index in [1.165, 1.54) is 5.57 Å². The highest BCUT2D eigenvalue weighted by molar-refractivity contribution is 5.95. The quantitative estimate of drug-likeness (QED) is 0.277. The van der Waals surface area contributed by atoms with Crippen molar-refractivity contribution in [2.24, 2.45) is 50.2 Å². The Bertz CT molecular complexity index is 1340. The molecule has 10 heteroatoms. The SMILES string of the molecule is CC1(C)C2CC[C@]3(C)[C@H](C(=O)C=C4[C@H]5C[C@@](C)(C(=O)O)CC[C@]5(C)CC[C@]43C)[C@@]2(C)CC[C@@H]1OC1O[C@H](C(=O)O)[C@@H](O)[C@H](O)[C@H]1O. The molecule has 4 saturated carbocycles. The van der Waals surface area contributed by atoms with Gasteiger partial charge in [0.05, 0.1) is 11.5 Å². The van der Waals surface area contributed by atoms with Gasteiger partial charge in [-0.1, -0.05) is 47.1 Å². The lowest BCUT2D eigenvalue weighted by Crippen LogP contribution is -2.67. The Balaban J connectivity index is 1.31. The molecule has 0 radical (unpaired) electrons. The predicted molar refractivity (Wildman–Crippen MR) is 166 cm³/mol. The fourth-order valence-corrected chi connectivity index (χ4v) is 11.9. The number of ether oxygens (including phenoxy) is 2. The van der Waals surface area contributed by atoms with Gasteiger partial charge in [0, 0.05) is 5.92 Å². The molecule has 258 valence electrons. The molecule has 0 aromatic heterocycles. The van der Waals surface area contributed by atoms with Crippen molar-refractivity contribution in [2.75, 3.05) is 0 Å². The maximum Gasteiger partial charge on any atom is 0.335 e. The molecule has 0 aromatic carbocycles. The first kappa shape index (κ1) is 34.0. The summed E-state index contributed by atoms with van der Waals surface area (Å²) >= 11 is 0. The van der Waals surface area contributed by atoms with Crippen LogP contribution < -0.4 is 0 Å². The first-order valence-corrected chi connectivity index (χ1v) is 17.2. The zero-order valence-electron chi connectivity index (χ0n) is 28.4. The van der Waals surface area contributed by atoms with E-state index in [4.69, 9.17) is 9.47 Å². The molecule has 46 heavy (non-hydrogen) atoms. The zero-order valence-corrected chi connectivity index (χ0v) is 28.4. The molecule has 6 aliphatic rings. The van der Waals surface area contributed by atoms with Gasteiger partial charge in [0.2, 0.25) is 0 Å². The van der Waals surface area contributed by atoms with Crippen LogP contribution in [0.25, 0.3) is 0 Å². The second-order valence-electron chi connectivity index (χ2n) is 17.8. The Morgan fingerprint density at radius 2 is 1.50 bits per heavy atom. The largest absolute Gasteiger partial charge is 0.481 e. The van der Waals surface area contributed by atoms with Gasteiger partial charge in [-0.3, -0.25) is 9.59 Å². The van der Waals surface area contributed by atoms with Crippen LogP contribution in [-0.2, 0) is 23.9 Å². The highest BCUT2D eigenvalue weighted by atomic mass is 16.7. The lowest BCUT2D eigenvalue weighted by atomic mass is 9.33. The molecule has 0 aromatic rings. The van der Waals surface area contributed by atoms with Crippen LogP contribution in [0.3, 0.4) is 0 Å². The summed E-state index contributed by atoms with van der Waals surface area (Å²) < 4.78 is 11.8. The van der Waals surface area contributed by atoms with E-state index in [1.807, 2.05) is 13.0 Å². The summed E-state index contributed by atoms with van der Waals surface area (Å²) in [6, 6.07) is 0. The number of carboxylic acid groups (broad SMARTS) is 2. The van der Waals surface area contributed by atoms with Crippen molar-refractivity contribution in [1.29, 1.82) is 0 Å². The van der Waals surface area contributed by atoms with E-state index >= 15 is 0 Å². The van der Waals surface area contributed by atoms with Crippen LogP contribution >= 0.6 is 0 Å². The molecule has 5 N–H and O–H groups in total. The van der Waals surface area contributed by atoms with Crippen LogP contribution in [0.4, 0.5) is 0 Å². The minimum Gasteiger partial charge on any atom is -0.481 e. The first-order valence-electron chi connectivity index (χ1n) is 17.2. The second-order valence-corrected chi connectivity index (χ2v) is 17.8. The molecule has 6 rings (SSSR count). The van der Waals surface area contributed by atoms with Gasteiger partial charge < -0.3 is 35.0 Å². The fraction of sp³-hybridized carbons (Fsp3) is 0.861. The summed E-state index contributed by atoms with van der Waals surface area (Å²) in [6.45, 7) is 15.3. The van der Waals surface area contributed by atoms with Gasteiger partial charge in [-0.15, -0.1) is 0 Å². The molecule has 5 aliphatic carbocycles. The molecule has 0 bridgehead atoms. The van der Waals surface area contributed by atoms with Gasteiger partial charge >= 0.3 is 11.9 Å². The molecule has 10 nitrogen and oxygen atoms in total. The van der Waals surface area contributed by atoms with Gasteiger partial charge in [-0.25, -0.2) is 4.79 Å². The summed E-state index contributed by atoms with van der Waals surface area (Å²) in [5.41, 5.74) is -1.03. The Labute approximate surface area is 271 Å². The molecule has 0 spiro atoms.